The zero-order chi connectivity index (χ0) is 13.9. The van der Waals surface area contributed by atoms with E-state index in [9.17, 15) is 4.79 Å². The average molecular weight is 286 g/mol. The first-order chi connectivity index (χ1) is 9.79. The van der Waals surface area contributed by atoms with Crippen LogP contribution in [0.2, 0.25) is 5.02 Å². The van der Waals surface area contributed by atoms with E-state index in [-0.39, 0.29) is 0 Å². The highest BCUT2D eigenvalue weighted by Crippen LogP contribution is 2.33. The average Bonchev–Trinajstić information content (AvgIpc) is 2.97. The second kappa shape index (κ2) is 5.68. The van der Waals surface area contributed by atoms with Crippen LogP contribution < -0.4 is 4.90 Å². The summed E-state index contributed by atoms with van der Waals surface area (Å²) in [7, 11) is 0. The molecule has 3 heteroatoms. The first kappa shape index (κ1) is 13.2. The molecule has 20 heavy (non-hydrogen) atoms. The Bertz CT molecular complexity index is 612. The summed E-state index contributed by atoms with van der Waals surface area (Å²) in [6.45, 7) is 1.89. The predicted octanol–water partition coefficient (Wildman–Crippen LogP) is 4.15. The molecular formula is C17H16ClNO. The number of rotatable bonds is 3. The van der Waals surface area contributed by atoms with Crippen molar-refractivity contribution in [2.45, 2.75) is 12.3 Å². The fourth-order valence-corrected chi connectivity index (χ4v) is 3.11. The molecule has 0 aliphatic carbocycles. The molecule has 2 aromatic rings. The van der Waals surface area contributed by atoms with Crippen LogP contribution in [0.5, 0.6) is 0 Å². The highest BCUT2D eigenvalue weighted by molar-refractivity contribution is 6.33. The normalized spacial score (nSPS) is 18.2. The molecule has 3 rings (SSSR count). The molecule has 1 atom stereocenters. The maximum atomic E-state index is 11.2. The van der Waals surface area contributed by atoms with Gasteiger partial charge in [-0.3, -0.25) is 4.79 Å². The third-order valence-corrected chi connectivity index (χ3v) is 4.28. The Balaban J connectivity index is 1.84. The molecule has 1 saturated heterocycles. The second-order valence-corrected chi connectivity index (χ2v) is 5.54. The van der Waals surface area contributed by atoms with Crippen LogP contribution in [0.4, 0.5) is 5.69 Å². The molecule has 1 fully saturated rings. The lowest BCUT2D eigenvalue weighted by Crippen LogP contribution is -2.20. The van der Waals surface area contributed by atoms with Crippen molar-refractivity contribution in [2.24, 2.45) is 0 Å². The molecule has 0 spiro atoms. The van der Waals surface area contributed by atoms with E-state index in [1.807, 2.05) is 18.2 Å². The Labute approximate surface area is 124 Å². The molecule has 0 radical (unpaired) electrons. The molecule has 1 aliphatic heterocycles. The van der Waals surface area contributed by atoms with E-state index in [2.05, 4.69) is 29.2 Å². The minimum atomic E-state index is 0.523. The summed E-state index contributed by atoms with van der Waals surface area (Å²) in [5, 5.41) is 0.528. The monoisotopic (exact) mass is 285 g/mol. The summed E-state index contributed by atoms with van der Waals surface area (Å²) in [5.41, 5.74) is 2.92. The molecule has 1 heterocycles. The number of halogens is 1. The van der Waals surface area contributed by atoms with Crippen molar-refractivity contribution >= 4 is 23.6 Å². The van der Waals surface area contributed by atoms with E-state index in [1.54, 1.807) is 6.07 Å². The van der Waals surface area contributed by atoms with Crippen molar-refractivity contribution in [3.8, 4) is 0 Å². The van der Waals surface area contributed by atoms with Crippen LogP contribution in [0.1, 0.15) is 28.3 Å². The smallest absolute Gasteiger partial charge is 0.153 e. The van der Waals surface area contributed by atoms with E-state index in [1.165, 1.54) is 5.56 Å². The number of carbonyl (C=O) groups excluding carboxylic acids is 1. The van der Waals surface area contributed by atoms with Gasteiger partial charge in [0.15, 0.2) is 6.29 Å². The summed E-state index contributed by atoms with van der Waals surface area (Å²) >= 11 is 6.10. The van der Waals surface area contributed by atoms with Crippen LogP contribution in [0.25, 0.3) is 0 Å². The summed E-state index contributed by atoms with van der Waals surface area (Å²) < 4.78 is 0. The minimum Gasteiger partial charge on any atom is -0.370 e. The number of nitrogens with zero attached hydrogens (tertiary/aromatic N) is 1. The lowest BCUT2D eigenvalue weighted by molar-refractivity contribution is 0.112. The van der Waals surface area contributed by atoms with Crippen molar-refractivity contribution in [3.63, 3.8) is 0 Å². The Kier molecular flexibility index (Phi) is 3.75. The second-order valence-electron chi connectivity index (χ2n) is 5.13. The topological polar surface area (TPSA) is 20.3 Å². The largest absolute Gasteiger partial charge is 0.370 e. The van der Waals surface area contributed by atoms with Crippen LogP contribution in [0.3, 0.4) is 0 Å². The Hall–Kier alpha value is -1.80. The summed E-state index contributed by atoms with van der Waals surface area (Å²) in [4.78, 5) is 13.5. The minimum absolute atomic E-state index is 0.523. The summed E-state index contributed by atoms with van der Waals surface area (Å²) in [5.74, 6) is 0.523. The molecule has 2 aromatic carbocycles. The van der Waals surface area contributed by atoms with Crippen molar-refractivity contribution in [3.05, 3.63) is 64.7 Å². The van der Waals surface area contributed by atoms with Crippen molar-refractivity contribution in [1.29, 1.82) is 0 Å². The van der Waals surface area contributed by atoms with Crippen LogP contribution in [0.15, 0.2) is 48.5 Å². The van der Waals surface area contributed by atoms with Crippen LogP contribution in [-0.2, 0) is 0 Å². The highest BCUT2D eigenvalue weighted by atomic mass is 35.5. The lowest BCUT2D eigenvalue weighted by Gasteiger charge is -2.21. The van der Waals surface area contributed by atoms with E-state index in [4.69, 9.17) is 11.6 Å². The lowest BCUT2D eigenvalue weighted by atomic mass is 9.99. The van der Waals surface area contributed by atoms with Crippen molar-refractivity contribution in [1.82, 2.24) is 0 Å². The molecule has 0 amide bonds. The summed E-state index contributed by atoms with van der Waals surface area (Å²) in [6.07, 6.45) is 1.96. The maximum absolute atomic E-state index is 11.2. The molecule has 0 N–H and O–H groups in total. The van der Waals surface area contributed by atoms with Crippen LogP contribution in [-0.4, -0.2) is 19.4 Å². The van der Waals surface area contributed by atoms with Crippen LogP contribution in [0, 0.1) is 0 Å². The number of hydrogen-bond donors (Lipinski definition) is 0. The van der Waals surface area contributed by atoms with Gasteiger partial charge in [0.2, 0.25) is 0 Å². The van der Waals surface area contributed by atoms with Gasteiger partial charge in [-0.1, -0.05) is 48.0 Å². The van der Waals surface area contributed by atoms with Crippen molar-refractivity contribution in [2.75, 3.05) is 18.0 Å². The fraction of sp³-hybridized carbons (Fsp3) is 0.235. The number of anilines is 1. The molecule has 0 bridgehead atoms. The number of benzene rings is 2. The standard InChI is InChI=1S/C17H16ClNO/c18-16-7-4-8-17(15(16)12-20)19-10-9-14(11-19)13-5-2-1-3-6-13/h1-8,12,14H,9-11H2. The molecule has 0 aromatic heterocycles. The SMILES string of the molecule is O=Cc1c(Cl)cccc1N1CCC(c2ccccc2)C1. The van der Waals surface area contributed by atoms with E-state index in [0.29, 0.717) is 16.5 Å². The molecule has 1 aliphatic rings. The first-order valence-electron chi connectivity index (χ1n) is 6.83. The van der Waals surface area contributed by atoms with E-state index < -0.39 is 0 Å². The fourth-order valence-electron chi connectivity index (χ4n) is 2.89. The third kappa shape index (κ3) is 2.44. The molecule has 2 nitrogen and oxygen atoms in total. The van der Waals surface area contributed by atoms with Gasteiger partial charge in [0.1, 0.15) is 0 Å². The van der Waals surface area contributed by atoms with Gasteiger partial charge in [0.05, 0.1) is 10.6 Å². The molecule has 1 unspecified atom stereocenters. The van der Waals surface area contributed by atoms with Crippen molar-refractivity contribution < 1.29 is 4.79 Å². The van der Waals surface area contributed by atoms with Crippen LogP contribution >= 0.6 is 11.6 Å². The van der Waals surface area contributed by atoms with Gasteiger partial charge >= 0.3 is 0 Å². The molecular weight excluding hydrogens is 270 g/mol. The Morgan fingerprint density at radius 1 is 1.10 bits per heavy atom. The third-order valence-electron chi connectivity index (χ3n) is 3.95. The highest BCUT2D eigenvalue weighted by Gasteiger charge is 2.25. The Morgan fingerprint density at radius 2 is 1.90 bits per heavy atom. The summed E-state index contributed by atoms with van der Waals surface area (Å²) in [6, 6.07) is 16.2. The van der Waals surface area contributed by atoms with Gasteiger partial charge in [-0.25, -0.2) is 0 Å². The number of carbonyl (C=O) groups is 1. The zero-order valence-corrected chi connectivity index (χ0v) is 11.9. The first-order valence-corrected chi connectivity index (χ1v) is 7.21. The Morgan fingerprint density at radius 3 is 2.65 bits per heavy atom. The quantitative estimate of drug-likeness (QED) is 0.790. The predicted molar refractivity (Wildman–Crippen MR) is 82.9 cm³/mol. The van der Waals surface area contributed by atoms with Gasteiger partial charge in [-0.15, -0.1) is 0 Å². The van der Waals surface area contributed by atoms with E-state index >= 15 is 0 Å². The van der Waals surface area contributed by atoms with Gasteiger partial charge < -0.3 is 4.90 Å². The number of hydrogen-bond acceptors (Lipinski definition) is 2. The zero-order valence-electron chi connectivity index (χ0n) is 11.1. The molecule has 0 saturated carbocycles. The van der Waals surface area contributed by atoms with E-state index in [0.717, 1.165) is 31.5 Å². The van der Waals surface area contributed by atoms with Gasteiger partial charge in [0, 0.05) is 24.7 Å². The maximum Gasteiger partial charge on any atom is 0.153 e. The number of aldehydes is 1. The van der Waals surface area contributed by atoms with Gasteiger partial charge in [-0.05, 0) is 24.1 Å². The van der Waals surface area contributed by atoms with Gasteiger partial charge in [0.25, 0.3) is 0 Å². The van der Waals surface area contributed by atoms with Gasteiger partial charge in [-0.2, -0.15) is 0 Å². The molecule has 102 valence electrons.